The summed E-state index contributed by atoms with van der Waals surface area (Å²) >= 11 is 0. The molecule has 0 saturated carbocycles. The molecule has 178 valence electrons. The Balaban J connectivity index is 1.55. The molecular weight excluding hydrogens is 442 g/mol. The monoisotopic (exact) mass is 469 g/mol. The summed E-state index contributed by atoms with van der Waals surface area (Å²) < 4.78 is 11.3. The van der Waals surface area contributed by atoms with Crippen molar-refractivity contribution in [3.05, 3.63) is 85.2 Å². The minimum absolute atomic E-state index is 0.245. The van der Waals surface area contributed by atoms with Crippen LogP contribution in [0.5, 0.6) is 17.2 Å². The lowest BCUT2D eigenvalue weighted by atomic mass is 10.1. The summed E-state index contributed by atoms with van der Waals surface area (Å²) in [6.45, 7) is 0.666. The van der Waals surface area contributed by atoms with Gasteiger partial charge in [0.05, 0.1) is 18.3 Å². The normalized spacial score (nSPS) is 11.1. The minimum Gasteiger partial charge on any atom is -0.494 e. The second kappa shape index (κ2) is 11.1. The lowest BCUT2D eigenvalue weighted by Gasteiger charge is -2.13. The molecule has 0 spiro atoms. The molecule has 8 nitrogen and oxygen atoms in total. The molecule has 0 atom stereocenters. The number of ether oxygens (including phenoxy) is 2. The number of aromatic nitrogens is 2. The number of carbonyl (C=O) groups is 1. The largest absolute Gasteiger partial charge is 0.494 e. The molecule has 0 aliphatic carbocycles. The van der Waals surface area contributed by atoms with Crippen LogP contribution in [0.4, 0.5) is 17.2 Å². The summed E-state index contributed by atoms with van der Waals surface area (Å²) in [4.78, 5) is 23.1. The van der Waals surface area contributed by atoms with Crippen LogP contribution in [0, 0.1) is 0 Å². The van der Waals surface area contributed by atoms with E-state index in [0.717, 1.165) is 22.6 Å². The maximum atomic E-state index is 12.4. The van der Waals surface area contributed by atoms with Gasteiger partial charge >= 0.3 is 0 Å². The quantitative estimate of drug-likeness (QED) is 0.325. The smallest absolute Gasteiger partial charge is 0.248 e. The maximum Gasteiger partial charge on any atom is 0.248 e. The van der Waals surface area contributed by atoms with E-state index in [0.29, 0.717) is 29.3 Å². The molecule has 0 saturated heterocycles. The van der Waals surface area contributed by atoms with Crippen LogP contribution in [0.15, 0.2) is 85.2 Å². The summed E-state index contributed by atoms with van der Waals surface area (Å²) in [7, 11) is 5.43. The molecule has 35 heavy (non-hydrogen) atoms. The molecule has 0 radical (unpaired) electrons. The van der Waals surface area contributed by atoms with Crippen LogP contribution >= 0.6 is 0 Å². The number of nitrogens with zero attached hydrogens (tertiary/aromatic N) is 3. The van der Waals surface area contributed by atoms with Gasteiger partial charge in [0.2, 0.25) is 5.91 Å². The van der Waals surface area contributed by atoms with Gasteiger partial charge < -0.3 is 25.0 Å². The first-order valence-electron chi connectivity index (χ1n) is 11.1. The maximum absolute atomic E-state index is 12.4. The third-order valence-corrected chi connectivity index (χ3v) is 5.05. The van der Waals surface area contributed by atoms with Crippen molar-refractivity contribution in [2.24, 2.45) is 0 Å². The first kappa shape index (κ1) is 23.7. The van der Waals surface area contributed by atoms with Gasteiger partial charge in [-0.15, -0.1) is 0 Å². The zero-order valence-electron chi connectivity index (χ0n) is 19.9. The zero-order valence-corrected chi connectivity index (χ0v) is 19.9. The molecule has 2 N–H and O–H groups in total. The van der Waals surface area contributed by atoms with Crippen LogP contribution < -0.4 is 20.1 Å². The number of amides is 1. The molecule has 3 aromatic carbocycles. The molecule has 4 aromatic rings. The van der Waals surface area contributed by atoms with Gasteiger partial charge in [0.25, 0.3) is 0 Å². The Bertz CT molecular complexity index is 1320. The van der Waals surface area contributed by atoms with Crippen LogP contribution in [-0.4, -0.2) is 48.5 Å². The number of hydrogen-bond donors (Lipinski definition) is 2. The van der Waals surface area contributed by atoms with Gasteiger partial charge in [-0.1, -0.05) is 24.3 Å². The minimum atomic E-state index is -0.245. The molecule has 1 aromatic heterocycles. The Morgan fingerprint density at radius 3 is 2.46 bits per heavy atom. The molecule has 1 heterocycles. The van der Waals surface area contributed by atoms with E-state index in [1.165, 1.54) is 12.4 Å². The van der Waals surface area contributed by atoms with Crippen molar-refractivity contribution >= 4 is 34.0 Å². The molecule has 0 aliphatic heterocycles. The number of fused-ring (bicyclic) bond motifs is 1. The van der Waals surface area contributed by atoms with E-state index in [1.807, 2.05) is 73.6 Å². The second-order valence-electron chi connectivity index (χ2n) is 8.01. The first-order chi connectivity index (χ1) is 17.0. The van der Waals surface area contributed by atoms with E-state index in [4.69, 9.17) is 9.47 Å². The van der Waals surface area contributed by atoms with E-state index >= 15 is 0 Å². The number of anilines is 3. The number of likely N-dealkylation sites (N-methyl/N-ethyl adjacent to an activating group) is 1. The fourth-order valence-electron chi connectivity index (χ4n) is 3.36. The summed E-state index contributed by atoms with van der Waals surface area (Å²) in [5.74, 6) is 2.37. The Labute approximate surface area is 204 Å². The zero-order chi connectivity index (χ0) is 24.6. The number of para-hydroxylation sites is 1. The van der Waals surface area contributed by atoms with Gasteiger partial charge in [0, 0.05) is 29.8 Å². The summed E-state index contributed by atoms with van der Waals surface area (Å²) in [6.07, 6.45) is 4.78. The second-order valence-corrected chi connectivity index (χ2v) is 8.01. The topological polar surface area (TPSA) is 88.6 Å². The van der Waals surface area contributed by atoms with E-state index in [2.05, 4.69) is 20.6 Å². The predicted molar refractivity (Wildman–Crippen MR) is 139 cm³/mol. The SMILES string of the molecule is COc1cc2ncnc(Nc3ccc(Oc4ccccc4)cc3)c2cc1NC(=O)C=CCN(C)C. The van der Waals surface area contributed by atoms with Crippen molar-refractivity contribution in [1.29, 1.82) is 0 Å². The van der Waals surface area contributed by atoms with Crippen LogP contribution in [0.3, 0.4) is 0 Å². The molecule has 4 rings (SSSR count). The number of carbonyl (C=O) groups excluding carboxylic acids is 1. The van der Waals surface area contributed by atoms with Gasteiger partial charge in [0.15, 0.2) is 0 Å². The summed E-state index contributed by atoms with van der Waals surface area (Å²) in [5, 5.41) is 6.94. The first-order valence-corrected chi connectivity index (χ1v) is 11.1. The van der Waals surface area contributed by atoms with Gasteiger partial charge in [-0.2, -0.15) is 0 Å². The van der Waals surface area contributed by atoms with Gasteiger partial charge in [0.1, 0.15) is 29.4 Å². The van der Waals surface area contributed by atoms with Gasteiger partial charge in [-0.05, 0) is 56.6 Å². The van der Waals surface area contributed by atoms with Crippen LogP contribution in [0.2, 0.25) is 0 Å². The predicted octanol–water partition coefficient (Wildman–Crippen LogP) is 5.23. The summed E-state index contributed by atoms with van der Waals surface area (Å²) in [5.41, 5.74) is 2.05. The Hall–Kier alpha value is -4.43. The standard InChI is InChI=1S/C27H27N5O3/c1-32(2)15-7-10-26(33)31-24-16-22-23(17-25(24)34-3)28-18-29-27(22)30-19-11-13-21(14-12-19)35-20-8-5-4-6-9-20/h4-14,16-18H,15H2,1-3H3,(H,31,33)(H,28,29,30). The molecule has 1 amide bonds. The molecular formula is C27H27N5O3. The fourth-order valence-corrected chi connectivity index (χ4v) is 3.36. The molecule has 0 unspecified atom stereocenters. The highest BCUT2D eigenvalue weighted by Gasteiger charge is 2.12. The van der Waals surface area contributed by atoms with Crippen molar-refractivity contribution < 1.29 is 14.3 Å². The third kappa shape index (κ3) is 6.33. The van der Waals surface area contributed by atoms with Crippen molar-refractivity contribution in [3.63, 3.8) is 0 Å². The number of benzene rings is 3. The molecule has 0 aliphatic rings. The lowest BCUT2D eigenvalue weighted by molar-refractivity contribution is -0.111. The van der Waals surface area contributed by atoms with Crippen LogP contribution in [-0.2, 0) is 4.79 Å². The van der Waals surface area contributed by atoms with E-state index < -0.39 is 0 Å². The number of hydrogen-bond acceptors (Lipinski definition) is 7. The molecule has 8 heteroatoms. The van der Waals surface area contributed by atoms with Crippen LogP contribution in [0.1, 0.15) is 0 Å². The van der Waals surface area contributed by atoms with Crippen molar-refractivity contribution in [2.75, 3.05) is 38.4 Å². The van der Waals surface area contributed by atoms with E-state index in [9.17, 15) is 4.79 Å². The van der Waals surface area contributed by atoms with E-state index in [-0.39, 0.29) is 5.91 Å². The average molecular weight is 470 g/mol. The van der Waals surface area contributed by atoms with Gasteiger partial charge in [-0.3, -0.25) is 4.79 Å². The van der Waals surface area contributed by atoms with Crippen LogP contribution in [0.25, 0.3) is 10.9 Å². The highest BCUT2D eigenvalue weighted by molar-refractivity contribution is 6.03. The highest BCUT2D eigenvalue weighted by Crippen LogP contribution is 2.33. The lowest BCUT2D eigenvalue weighted by Crippen LogP contribution is -2.13. The fraction of sp³-hybridized carbons (Fsp3) is 0.148. The van der Waals surface area contributed by atoms with E-state index in [1.54, 1.807) is 25.3 Å². The highest BCUT2D eigenvalue weighted by atomic mass is 16.5. The Morgan fingerprint density at radius 1 is 1.00 bits per heavy atom. The van der Waals surface area contributed by atoms with Crippen molar-refractivity contribution in [1.82, 2.24) is 14.9 Å². The number of methoxy groups -OCH3 is 1. The van der Waals surface area contributed by atoms with Crippen molar-refractivity contribution in [3.8, 4) is 17.2 Å². The molecule has 0 fully saturated rings. The number of nitrogens with one attached hydrogen (secondary N) is 2. The third-order valence-electron chi connectivity index (χ3n) is 5.05. The number of rotatable bonds is 9. The van der Waals surface area contributed by atoms with Crippen molar-refractivity contribution in [2.45, 2.75) is 0 Å². The Morgan fingerprint density at radius 2 is 1.74 bits per heavy atom. The molecule has 0 bridgehead atoms. The average Bonchev–Trinajstić information content (AvgIpc) is 2.85. The van der Waals surface area contributed by atoms with Gasteiger partial charge in [-0.25, -0.2) is 9.97 Å². The summed E-state index contributed by atoms with van der Waals surface area (Å²) in [6, 6.07) is 20.8. The Kier molecular flexibility index (Phi) is 7.54.